The predicted molar refractivity (Wildman–Crippen MR) is 87.8 cm³/mol. The molecule has 4 heteroatoms. The molecule has 1 aromatic carbocycles. The van der Waals surface area contributed by atoms with E-state index in [0.29, 0.717) is 22.6 Å². The van der Waals surface area contributed by atoms with Crippen LogP contribution >= 0.6 is 15.9 Å². The average Bonchev–Trinajstić information content (AvgIpc) is 2.67. The Hall–Kier alpha value is -1.08. The van der Waals surface area contributed by atoms with E-state index in [1.54, 1.807) is 12.1 Å². The Morgan fingerprint density at radius 1 is 1.29 bits per heavy atom. The highest BCUT2D eigenvalue weighted by Crippen LogP contribution is 2.36. The second-order valence-electron chi connectivity index (χ2n) is 6.85. The summed E-state index contributed by atoms with van der Waals surface area (Å²) in [5, 5.41) is 8.95. The number of nitriles is 1. The van der Waals surface area contributed by atoms with Crippen LogP contribution in [0.15, 0.2) is 16.6 Å². The number of anilines is 1. The van der Waals surface area contributed by atoms with Crippen LogP contribution in [-0.2, 0) is 0 Å². The molecule has 0 spiro atoms. The molecular formula is C17H22BrFN2. The maximum absolute atomic E-state index is 14.5. The van der Waals surface area contributed by atoms with E-state index in [1.807, 2.05) is 6.07 Å². The SMILES string of the molecule is CC(C)(C)C1CCCN(c2ccc(C#N)c(Br)c2F)CC1. The Morgan fingerprint density at radius 3 is 2.62 bits per heavy atom. The molecule has 1 aliphatic heterocycles. The highest BCUT2D eigenvalue weighted by atomic mass is 79.9. The maximum atomic E-state index is 14.5. The third-order valence-corrected chi connectivity index (χ3v) is 5.25. The molecular weight excluding hydrogens is 331 g/mol. The molecule has 0 radical (unpaired) electrons. The molecule has 2 nitrogen and oxygen atoms in total. The van der Waals surface area contributed by atoms with E-state index in [4.69, 9.17) is 5.26 Å². The van der Waals surface area contributed by atoms with Gasteiger partial charge in [-0.25, -0.2) is 4.39 Å². The quantitative estimate of drug-likeness (QED) is 0.701. The van der Waals surface area contributed by atoms with E-state index < -0.39 is 0 Å². The number of halogens is 2. The summed E-state index contributed by atoms with van der Waals surface area (Å²) < 4.78 is 14.7. The Morgan fingerprint density at radius 2 is 2.00 bits per heavy atom. The molecule has 114 valence electrons. The van der Waals surface area contributed by atoms with Gasteiger partial charge in [0.15, 0.2) is 5.82 Å². The first-order chi connectivity index (χ1) is 9.84. The molecule has 0 amide bonds. The summed E-state index contributed by atoms with van der Waals surface area (Å²) in [4.78, 5) is 2.12. The molecule has 1 heterocycles. The Labute approximate surface area is 135 Å². The van der Waals surface area contributed by atoms with Crippen molar-refractivity contribution >= 4 is 21.6 Å². The number of hydrogen-bond acceptors (Lipinski definition) is 2. The summed E-state index contributed by atoms with van der Waals surface area (Å²) in [5.74, 6) is 0.357. The van der Waals surface area contributed by atoms with Crippen LogP contribution in [-0.4, -0.2) is 13.1 Å². The molecule has 0 aromatic heterocycles. The van der Waals surface area contributed by atoms with Gasteiger partial charge in [-0.15, -0.1) is 0 Å². The molecule has 0 bridgehead atoms. The summed E-state index contributed by atoms with van der Waals surface area (Å²) in [6.45, 7) is 8.60. The average molecular weight is 353 g/mol. The fourth-order valence-electron chi connectivity index (χ4n) is 3.07. The lowest BCUT2D eigenvalue weighted by molar-refractivity contribution is 0.220. The first-order valence-corrected chi connectivity index (χ1v) is 8.27. The van der Waals surface area contributed by atoms with Crippen molar-refractivity contribution in [3.8, 4) is 6.07 Å². The van der Waals surface area contributed by atoms with E-state index in [1.165, 1.54) is 6.42 Å². The van der Waals surface area contributed by atoms with Gasteiger partial charge in [0.25, 0.3) is 0 Å². The second kappa shape index (κ2) is 6.36. The second-order valence-corrected chi connectivity index (χ2v) is 7.65. The number of nitrogens with zero attached hydrogens (tertiary/aromatic N) is 2. The highest BCUT2D eigenvalue weighted by Gasteiger charge is 2.28. The number of benzene rings is 1. The zero-order valence-electron chi connectivity index (χ0n) is 12.9. The summed E-state index contributed by atoms with van der Waals surface area (Å²) in [5.41, 5.74) is 1.26. The van der Waals surface area contributed by atoms with Crippen LogP contribution in [0.1, 0.15) is 45.6 Å². The smallest absolute Gasteiger partial charge is 0.161 e. The minimum Gasteiger partial charge on any atom is -0.369 e. The standard InChI is InChI=1S/C17H22BrFN2/c1-17(2,3)13-5-4-9-21(10-8-13)14-7-6-12(11-20)15(18)16(14)19/h6-7,13H,4-5,8-10H2,1-3H3. The summed E-state index contributed by atoms with van der Waals surface area (Å²) in [6, 6.07) is 5.42. The Balaban J connectivity index is 2.21. The van der Waals surface area contributed by atoms with Gasteiger partial charge in [-0.3, -0.25) is 0 Å². The fourth-order valence-corrected chi connectivity index (χ4v) is 3.50. The molecule has 1 unspecified atom stereocenters. The van der Waals surface area contributed by atoms with Gasteiger partial charge in [0.05, 0.1) is 15.7 Å². The molecule has 2 rings (SSSR count). The number of rotatable bonds is 1. The van der Waals surface area contributed by atoms with E-state index in [9.17, 15) is 4.39 Å². The van der Waals surface area contributed by atoms with Crippen molar-refractivity contribution in [1.29, 1.82) is 5.26 Å². The van der Waals surface area contributed by atoms with E-state index in [2.05, 4.69) is 41.6 Å². The van der Waals surface area contributed by atoms with Gasteiger partial charge in [-0.05, 0) is 58.7 Å². The summed E-state index contributed by atoms with van der Waals surface area (Å²) in [7, 11) is 0. The molecule has 1 atom stereocenters. The van der Waals surface area contributed by atoms with Crippen LogP contribution in [0.4, 0.5) is 10.1 Å². The van der Waals surface area contributed by atoms with Crippen LogP contribution in [0.5, 0.6) is 0 Å². The lowest BCUT2D eigenvalue weighted by atomic mass is 9.77. The molecule has 0 N–H and O–H groups in total. The van der Waals surface area contributed by atoms with Gasteiger partial charge in [0.2, 0.25) is 0 Å². The van der Waals surface area contributed by atoms with Gasteiger partial charge in [-0.2, -0.15) is 5.26 Å². The van der Waals surface area contributed by atoms with Gasteiger partial charge >= 0.3 is 0 Å². The van der Waals surface area contributed by atoms with Crippen molar-refractivity contribution in [1.82, 2.24) is 0 Å². The van der Waals surface area contributed by atoms with Crippen molar-refractivity contribution in [3.05, 3.63) is 28.0 Å². The molecule has 1 aliphatic rings. The third-order valence-electron chi connectivity index (χ3n) is 4.48. The first-order valence-electron chi connectivity index (χ1n) is 7.47. The summed E-state index contributed by atoms with van der Waals surface area (Å²) in [6.07, 6.45) is 3.36. The molecule has 0 saturated carbocycles. The fraction of sp³-hybridized carbons (Fsp3) is 0.588. The van der Waals surface area contributed by atoms with Gasteiger partial charge < -0.3 is 4.90 Å². The largest absolute Gasteiger partial charge is 0.369 e. The Bertz CT molecular complexity index is 557. The Kier molecular flexibility index (Phi) is 4.93. The van der Waals surface area contributed by atoms with Crippen LogP contribution < -0.4 is 4.90 Å². The van der Waals surface area contributed by atoms with Crippen molar-refractivity contribution < 1.29 is 4.39 Å². The minimum absolute atomic E-state index is 0.277. The van der Waals surface area contributed by atoms with Crippen LogP contribution in [0.2, 0.25) is 0 Å². The normalized spacial score (nSPS) is 20.0. The van der Waals surface area contributed by atoms with E-state index in [0.717, 1.165) is 25.9 Å². The van der Waals surface area contributed by atoms with Crippen molar-refractivity contribution in [2.45, 2.75) is 40.0 Å². The van der Waals surface area contributed by atoms with Crippen molar-refractivity contribution in [2.24, 2.45) is 11.3 Å². The van der Waals surface area contributed by atoms with Gasteiger partial charge in [0.1, 0.15) is 6.07 Å². The van der Waals surface area contributed by atoms with Gasteiger partial charge in [-0.1, -0.05) is 20.8 Å². The van der Waals surface area contributed by atoms with Crippen molar-refractivity contribution in [2.75, 3.05) is 18.0 Å². The minimum atomic E-state index is -0.316. The first kappa shape index (κ1) is 16.3. The summed E-state index contributed by atoms with van der Waals surface area (Å²) >= 11 is 3.20. The zero-order chi connectivity index (χ0) is 15.6. The predicted octanol–water partition coefficient (Wildman–Crippen LogP) is 5.11. The topological polar surface area (TPSA) is 27.0 Å². The van der Waals surface area contributed by atoms with E-state index >= 15 is 0 Å². The zero-order valence-corrected chi connectivity index (χ0v) is 14.5. The molecule has 1 fully saturated rings. The lowest BCUT2D eigenvalue weighted by Crippen LogP contribution is -2.27. The maximum Gasteiger partial charge on any atom is 0.161 e. The van der Waals surface area contributed by atoms with Gasteiger partial charge in [0, 0.05) is 13.1 Å². The van der Waals surface area contributed by atoms with Crippen LogP contribution in [0.25, 0.3) is 0 Å². The molecule has 21 heavy (non-hydrogen) atoms. The molecule has 1 aromatic rings. The molecule has 1 saturated heterocycles. The van der Waals surface area contributed by atoms with E-state index in [-0.39, 0.29) is 10.3 Å². The van der Waals surface area contributed by atoms with Crippen LogP contribution in [0, 0.1) is 28.5 Å². The molecule has 0 aliphatic carbocycles. The number of hydrogen-bond donors (Lipinski definition) is 0. The monoisotopic (exact) mass is 352 g/mol. The van der Waals surface area contributed by atoms with Crippen LogP contribution in [0.3, 0.4) is 0 Å². The highest BCUT2D eigenvalue weighted by molar-refractivity contribution is 9.10. The third kappa shape index (κ3) is 3.58. The van der Waals surface area contributed by atoms with Crippen molar-refractivity contribution in [3.63, 3.8) is 0 Å². The lowest BCUT2D eigenvalue weighted by Gasteiger charge is -2.30.